The molecule has 5 heteroatoms. The highest BCUT2D eigenvalue weighted by Gasteiger charge is 1.95. The van der Waals surface area contributed by atoms with Crippen molar-refractivity contribution >= 4 is 28.1 Å². The van der Waals surface area contributed by atoms with Crippen molar-refractivity contribution < 1.29 is 4.39 Å². The Bertz CT molecular complexity index is 272. The minimum atomic E-state index is -0.580. The molecule has 0 unspecified atom stereocenters. The van der Waals surface area contributed by atoms with Crippen LogP contribution in [0.1, 0.15) is 0 Å². The highest BCUT2D eigenvalue weighted by Crippen LogP contribution is 2.06. The quantitative estimate of drug-likeness (QED) is 0.662. The Kier molecular flexibility index (Phi) is 1.92. The predicted octanol–water partition coefficient (Wildman–Crippen LogP) is 2.04. The van der Waals surface area contributed by atoms with Gasteiger partial charge in [-0.25, -0.2) is 4.98 Å². The van der Waals surface area contributed by atoms with E-state index >= 15 is 0 Å². The first-order valence-corrected chi connectivity index (χ1v) is 3.30. The minimum absolute atomic E-state index is 0.190. The third kappa shape index (κ3) is 1.56. The average Bonchev–Trinajstić information content (AvgIpc) is 1.80. The van der Waals surface area contributed by atoms with Crippen molar-refractivity contribution in [1.82, 2.24) is 9.97 Å². The van der Waals surface area contributed by atoms with Gasteiger partial charge in [-0.1, -0.05) is 12.2 Å². The van der Waals surface area contributed by atoms with Crippen LogP contribution in [0.25, 0.3) is 0 Å². The van der Waals surface area contributed by atoms with Crippen LogP contribution < -0.4 is 0 Å². The lowest BCUT2D eigenvalue weighted by molar-refractivity contribution is 0.567. The molecular formula is C4H2BrFN2S. The number of H-pyrrole nitrogens is 1. The molecule has 0 spiro atoms. The number of halogens is 2. The summed E-state index contributed by atoms with van der Waals surface area (Å²) in [6, 6.07) is 0. The van der Waals surface area contributed by atoms with Crippen LogP contribution in [0.5, 0.6) is 0 Å². The molecule has 9 heavy (non-hydrogen) atoms. The maximum absolute atomic E-state index is 12.3. The molecule has 1 heterocycles. The van der Waals surface area contributed by atoms with Gasteiger partial charge in [0.05, 0.1) is 6.20 Å². The number of rotatable bonds is 0. The smallest absolute Gasteiger partial charge is 0.243 e. The lowest BCUT2D eigenvalue weighted by atomic mass is 10.7. The SMILES string of the molecule is Fc1ncc(=S)[nH]c1Br. The highest BCUT2D eigenvalue weighted by molar-refractivity contribution is 9.10. The normalized spacial score (nSPS) is 9.56. The molecule has 0 radical (unpaired) electrons. The van der Waals surface area contributed by atoms with Crippen LogP contribution in [-0.2, 0) is 0 Å². The molecule has 0 aromatic carbocycles. The zero-order valence-electron chi connectivity index (χ0n) is 4.19. The van der Waals surface area contributed by atoms with Gasteiger partial charge in [0.25, 0.3) is 0 Å². The number of nitrogens with zero attached hydrogens (tertiary/aromatic N) is 1. The number of nitrogens with one attached hydrogen (secondary N) is 1. The summed E-state index contributed by atoms with van der Waals surface area (Å²) in [5.41, 5.74) is 0. The van der Waals surface area contributed by atoms with E-state index in [4.69, 9.17) is 0 Å². The molecule has 1 aromatic heterocycles. The van der Waals surface area contributed by atoms with E-state index in [1.165, 1.54) is 6.20 Å². The van der Waals surface area contributed by atoms with Crippen molar-refractivity contribution in [1.29, 1.82) is 0 Å². The average molecular weight is 209 g/mol. The van der Waals surface area contributed by atoms with E-state index in [0.717, 1.165) is 0 Å². The Morgan fingerprint density at radius 1 is 1.78 bits per heavy atom. The molecule has 0 amide bonds. The molecule has 48 valence electrons. The zero-order chi connectivity index (χ0) is 6.85. The van der Waals surface area contributed by atoms with Gasteiger partial charge in [-0.2, -0.15) is 4.39 Å². The Balaban J connectivity index is 3.34. The molecular weight excluding hydrogens is 207 g/mol. The van der Waals surface area contributed by atoms with Crippen LogP contribution in [0.2, 0.25) is 0 Å². The second-order valence-corrected chi connectivity index (χ2v) is 2.59. The lowest BCUT2D eigenvalue weighted by Crippen LogP contribution is -1.86. The molecule has 0 atom stereocenters. The van der Waals surface area contributed by atoms with E-state index in [0.29, 0.717) is 4.64 Å². The molecule has 0 saturated heterocycles. The van der Waals surface area contributed by atoms with Crippen molar-refractivity contribution in [3.8, 4) is 0 Å². The van der Waals surface area contributed by atoms with Crippen molar-refractivity contribution in [2.24, 2.45) is 0 Å². The molecule has 0 bridgehead atoms. The number of aromatic amines is 1. The standard InChI is InChI=1S/C4H2BrFN2S/c5-3-4(6)7-1-2(9)8-3/h1H,(H,8,9). The van der Waals surface area contributed by atoms with Gasteiger partial charge >= 0.3 is 0 Å². The van der Waals surface area contributed by atoms with E-state index in [9.17, 15) is 4.39 Å². The molecule has 0 aliphatic carbocycles. The van der Waals surface area contributed by atoms with Crippen LogP contribution in [0.3, 0.4) is 0 Å². The Morgan fingerprint density at radius 3 is 2.89 bits per heavy atom. The van der Waals surface area contributed by atoms with Gasteiger partial charge in [0.1, 0.15) is 9.24 Å². The Labute approximate surface area is 64.3 Å². The molecule has 2 nitrogen and oxygen atoms in total. The molecule has 1 rings (SSSR count). The summed E-state index contributed by atoms with van der Waals surface area (Å²) in [5, 5.41) is 0. The van der Waals surface area contributed by atoms with Crippen LogP contribution in [-0.4, -0.2) is 9.97 Å². The van der Waals surface area contributed by atoms with Crippen molar-refractivity contribution in [3.05, 3.63) is 21.4 Å². The molecule has 0 saturated carbocycles. The van der Waals surface area contributed by atoms with Gasteiger partial charge in [0.2, 0.25) is 5.95 Å². The summed E-state index contributed by atoms with van der Waals surface area (Å²) in [4.78, 5) is 5.86. The minimum Gasteiger partial charge on any atom is -0.336 e. The van der Waals surface area contributed by atoms with Gasteiger partial charge in [-0.15, -0.1) is 0 Å². The summed E-state index contributed by atoms with van der Waals surface area (Å²) in [6.45, 7) is 0. The zero-order valence-corrected chi connectivity index (χ0v) is 6.59. The van der Waals surface area contributed by atoms with Crippen LogP contribution in [0.15, 0.2) is 10.8 Å². The van der Waals surface area contributed by atoms with Crippen molar-refractivity contribution in [2.45, 2.75) is 0 Å². The van der Waals surface area contributed by atoms with Crippen LogP contribution >= 0.6 is 28.1 Å². The fourth-order valence-electron chi connectivity index (χ4n) is 0.364. The van der Waals surface area contributed by atoms with E-state index in [-0.39, 0.29) is 4.60 Å². The number of hydrogen-bond acceptors (Lipinski definition) is 2. The molecule has 0 aliphatic heterocycles. The fraction of sp³-hybridized carbons (Fsp3) is 0. The second-order valence-electron chi connectivity index (χ2n) is 1.35. The summed E-state index contributed by atoms with van der Waals surface area (Å²) in [5.74, 6) is -0.580. The summed E-state index contributed by atoms with van der Waals surface area (Å²) in [7, 11) is 0. The van der Waals surface area contributed by atoms with Gasteiger partial charge in [-0.3, -0.25) is 0 Å². The van der Waals surface area contributed by atoms with Gasteiger partial charge < -0.3 is 4.98 Å². The van der Waals surface area contributed by atoms with E-state index in [1.54, 1.807) is 0 Å². The van der Waals surface area contributed by atoms with Crippen molar-refractivity contribution in [3.63, 3.8) is 0 Å². The maximum atomic E-state index is 12.3. The Morgan fingerprint density at radius 2 is 2.44 bits per heavy atom. The van der Waals surface area contributed by atoms with E-state index in [2.05, 4.69) is 38.1 Å². The summed E-state index contributed by atoms with van der Waals surface area (Å²) >= 11 is 7.53. The van der Waals surface area contributed by atoms with Gasteiger partial charge in [0, 0.05) is 0 Å². The first-order chi connectivity index (χ1) is 4.20. The predicted molar refractivity (Wildman–Crippen MR) is 37.1 cm³/mol. The monoisotopic (exact) mass is 208 g/mol. The second kappa shape index (κ2) is 2.53. The van der Waals surface area contributed by atoms with Gasteiger partial charge in [-0.05, 0) is 15.9 Å². The van der Waals surface area contributed by atoms with Gasteiger partial charge in [0.15, 0.2) is 0 Å². The highest BCUT2D eigenvalue weighted by atomic mass is 79.9. The summed E-state index contributed by atoms with van der Waals surface area (Å²) < 4.78 is 12.9. The number of aromatic nitrogens is 2. The first kappa shape index (κ1) is 6.82. The topological polar surface area (TPSA) is 28.7 Å². The third-order valence-corrected chi connectivity index (χ3v) is 1.44. The first-order valence-electron chi connectivity index (χ1n) is 2.10. The van der Waals surface area contributed by atoms with Crippen molar-refractivity contribution in [2.75, 3.05) is 0 Å². The van der Waals surface area contributed by atoms with Crippen LogP contribution in [0, 0.1) is 10.6 Å². The molecule has 1 N–H and O–H groups in total. The largest absolute Gasteiger partial charge is 0.336 e. The molecule has 0 fully saturated rings. The summed E-state index contributed by atoms with van der Waals surface area (Å²) in [6.07, 6.45) is 1.25. The van der Waals surface area contributed by atoms with Crippen LogP contribution in [0.4, 0.5) is 4.39 Å². The fourth-order valence-corrected chi connectivity index (χ4v) is 0.966. The Hall–Kier alpha value is -0.290. The maximum Gasteiger partial charge on any atom is 0.243 e. The number of hydrogen-bond donors (Lipinski definition) is 1. The lowest BCUT2D eigenvalue weighted by Gasteiger charge is -1.89. The third-order valence-electron chi connectivity index (χ3n) is 0.709. The van der Waals surface area contributed by atoms with E-state index in [1.807, 2.05) is 0 Å². The molecule has 1 aromatic rings. The molecule has 0 aliphatic rings. The van der Waals surface area contributed by atoms with E-state index < -0.39 is 5.95 Å².